The Labute approximate surface area is 127 Å². The number of alkyl halides is 3. The van der Waals surface area contributed by atoms with Crippen molar-refractivity contribution in [3.8, 4) is 11.7 Å². The van der Waals surface area contributed by atoms with Crippen molar-refractivity contribution in [3.63, 3.8) is 0 Å². The number of pyridine rings is 1. The van der Waals surface area contributed by atoms with Crippen LogP contribution in [0.5, 0.6) is 5.88 Å². The lowest BCUT2D eigenvalue weighted by molar-refractivity contribution is -0.0179. The van der Waals surface area contributed by atoms with E-state index in [0.717, 1.165) is 4.68 Å². The summed E-state index contributed by atoms with van der Waals surface area (Å²) in [6, 6.07) is 3.74. The maximum absolute atomic E-state index is 13.1. The van der Waals surface area contributed by atoms with E-state index < -0.39 is 25.2 Å². The van der Waals surface area contributed by atoms with Crippen LogP contribution >= 0.6 is 11.6 Å². The molecule has 0 aliphatic carbocycles. The number of aromatic carboxylic acids is 1. The molecule has 2 heterocycles. The SMILES string of the molecule is O=C(O)c1ccc(-n2ccc(OC(F)C(F)CF)n2)nc1Cl. The van der Waals surface area contributed by atoms with E-state index in [1.165, 1.54) is 24.4 Å². The molecule has 0 radical (unpaired) electrons. The molecule has 22 heavy (non-hydrogen) atoms. The van der Waals surface area contributed by atoms with Crippen molar-refractivity contribution in [3.05, 3.63) is 35.1 Å². The van der Waals surface area contributed by atoms with E-state index in [1.807, 2.05) is 0 Å². The van der Waals surface area contributed by atoms with Gasteiger partial charge in [0.15, 0.2) is 12.0 Å². The molecule has 6 nitrogen and oxygen atoms in total. The summed E-state index contributed by atoms with van der Waals surface area (Å²) < 4.78 is 43.4. The molecule has 0 saturated heterocycles. The number of hydrogen-bond acceptors (Lipinski definition) is 4. The third kappa shape index (κ3) is 3.48. The molecule has 2 aromatic rings. The topological polar surface area (TPSA) is 77.2 Å². The van der Waals surface area contributed by atoms with Crippen molar-refractivity contribution in [1.82, 2.24) is 14.8 Å². The standard InChI is InChI=1S/C12H9ClF3N3O3/c13-10-6(12(20)21)1-2-8(17-10)19-4-3-9(18-19)22-11(16)7(15)5-14/h1-4,7,11H,5H2,(H,20,21). The van der Waals surface area contributed by atoms with Crippen LogP contribution in [0.2, 0.25) is 5.15 Å². The molecule has 1 N–H and O–H groups in total. The molecule has 0 spiro atoms. The number of carboxylic acids is 1. The van der Waals surface area contributed by atoms with Gasteiger partial charge in [0.1, 0.15) is 11.8 Å². The number of aromatic nitrogens is 3. The van der Waals surface area contributed by atoms with E-state index in [1.54, 1.807) is 0 Å². The third-order valence-electron chi connectivity index (χ3n) is 2.53. The van der Waals surface area contributed by atoms with Crippen molar-refractivity contribution in [2.24, 2.45) is 0 Å². The van der Waals surface area contributed by atoms with Gasteiger partial charge in [-0.05, 0) is 12.1 Å². The molecule has 2 aromatic heterocycles. The molecule has 0 fully saturated rings. The Bertz CT molecular complexity index is 683. The van der Waals surface area contributed by atoms with Crippen LogP contribution in [0.25, 0.3) is 5.82 Å². The summed E-state index contributed by atoms with van der Waals surface area (Å²) in [5.41, 5.74) is -0.193. The van der Waals surface area contributed by atoms with Gasteiger partial charge in [0.05, 0.1) is 5.56 Å². The van der Waals surface area contributed by atoms with E-state index in [9.17, 15) is 18.0 Å². The Morgan fingerprint density at radius 3 is 2.73 bits per heavy atom. The van der Waals surface area contributed by atoms with E-state index in [2.05, 4.69) is 14.8 Å². The van der Waals surface area contributed by atoms with Crippen molar-refractivity contribution in [2.45, 2.75) is 12.5 Å². The summed E-state index contributed by atoms with van der Waals surface area (Å²) in [4.78, 5) is 14.6. The lowest BCUT2D eigenvalue weighted by Gasteiger charge is -2.10. The van der Waals surface area contributed by atoms with Crippen LogP contribution < -0.4 is 4.74 Å². The van der Waals surface area contributed by atoms with Crippen molar-refractivity contribution in [2.75, 3.05) is 6.67 Å². The van der Waals surface area contributed by atoms with Gasteiger partial charge in [-0.1, -0.05) is 11.6 Å². The molecule has 0 bridgehead atoms. The normalized spacial score (nSPS) is 13.6. The number of rotatable bonds is 6. The summed E-state index contributed by atoms with van der Waals surface area (Å²) in [7, 11) is 0. The number of carbonyl (C=O) groups is 1. The maximum Gasteiger partial charge on any atom is 0.338 e. The summed E-state index contributed by atoms with van der Waals surface area (Å²) in [5, 5.41) is 12.3. The van der Waals surface area contributed by atoms with E-state index in [4.69, 9.17) is 16.7 Å². The quantitative estimate of drug-likeness (QED) is 0.821. The molecule has 0 saturated carbocycles. The Hall–Kier alpha value is -2.29. The van der Waals surface area contributed by atoms with E-state index in [0.29, 0.717) is 0 Å². The molecule has 0 aliphatic heterocycles. The fourth-order valence-corrected chi connectivity index (χ4v) is 1.70. The fourth-order valence-electron chi connectivity index (χ4n) is 1.47. The minimum atomic E-state index is -2.49. The Kier molecular flexibility index (Phi) is 4.86. The summed E-state index contributed by atoms with van der Waals surface area (Å²) in [5.74, 6) is -1.39. The second kappa shape index (κ2) is 6.65. The highest BCUT2D eigenvalue weighted by molar-refractivity contribution is 6.32. The number of ether oxygens (including phenoxy) is 1. The Balaban J connectivity index is 2.18. The van der Waals surface area contributed by atoms with Gasteiger partial charge in [-0.15, -0.1) is 5.10 Å². The molecule has 2 unspecified atom stereocenters. The van der Waals surface area contributed by atoms with Gasteiger partial charge in [-0.3, -0.25) is 0 Å². The van der Waals surface area contributed by atoms with Crippen molar-refractivity contribution < 1.29 is 27.8 Å². The van der Waals surface area contributed by atoms with Gasteiger partial charge in [0, 0.05) is 12.3 Å². The summed E-state index contributed by atoms with van der Waals surface area (Å²) in [6.07, 6.45) is -3.59. The van der Waals surface area contributed by atoms with Crippen LogP contribution in [0.1, 0.15) is 10.4 Å². The second-order valence-corrected chi connectivity index (χ2v) is 4.41. The number of nitrogens with zero attached hydrogens (tertiary/aromatic N) is 3. The van der Waals surface area contributed by atoms with Crippen LogP contribution in [-0.2, 0) is 0 Å². The molecule has 0 amide bonds. The first-order chi connectivity index (χ1) is 10.4. The Morgan fingerprint density at radius 1 is 1.41 bits per heavy atom. The van der Waals surface area contributed by atoms with E-state index >= 15 is 0 Å². The van der Waals surface area contributed by atoms with Crippen molar-refractivity contribution in [1.29, 1.82) is 0 Å². The first-order valence-corrected chi connectivity index (χ1v) is 6.27. The molecule has 2 atom stereocenters. The summed E-state index contributed by atoms with van der Waals surface area (Å²) in [6.45, 7) is -1.52. The zero-order valence-electron chi connectivity index (χ0n) is 10.8. The second-order valence-electron chi connectivity index (χ2n) is 4.05. The molecule has 0 aliphatic rings. The molecule has 10 heteroatoms. The highest BCUT2D eigenvalue weighted by atomic mass is 35.5. The molecule has 2 rings (SSSR count). The van der Waals surface area contributed by atoms with Gasteiger partial charge in [0.25, 0.3) is 6.36 Å². The molecule has 118 valence electrons. The van der Waals surface area contributed by atoms with Gasteiger partial charge < -0.3 is 9.84 Å². The molecular formula is C12H9ClF3N3O3. The molecular weight excluding hydrogens is 327 g/mol. The average Bonchev–Trinajstić information content (AvgIpc) is 2.94. The predicted molar refractivity (Wildman–Crippen MR) is 69.7 cm³/mol. The average molecular weight is 336 g/mol. The maximum atomic E-state index is 13.1. The smallest absolute Gasteiger partial charge is 0.338 e. The lowest BCUT2D eigenvalue weighted by atomic mass is 10.3. The number of hydrogen-bond donors (Lipinski definition) is 1. The van der Waals surface area contributed by atoms with Gasteiger partial charge >= 0.3 is 5.97 Å². The fraction of sp³-hybridized carbons (Fsp3) is 0.250. The number of halogens is 4. The van der Waals surface area contributed by atoms with Crippen LogP contribution in [0.4, 0.5) is 13.2 Å². The largest absolute Gasteiger partial charge is 0.478 e. The van der Waals surface area contributed by atoms with Gasteiger partial charge in [0.2, 0.25) is 5.88 Å². The van der Waals surface area contributed by atoms with Crippen LogP contribution in [0.3, 0.4) is 0 Å². The van der Waals surface area contributed by atoms with Crippen molar-refractivity contribution >= 4 is 17.6 Å². The number of carboxylic acid groups (broad SMARTS) is 1. The third-order valence-corrected chi connectivity index (χ3v) is 2.82. The van der Waals surface area contributed by atoms with Crippen LogP contribution in [0, 0.1) is 0 Å². The minimum Gasteiger partial charge on any atom is -0.478 e. The lowest BCUT2D eigenvalue weighted by Crippen LogP contribution is -2.25. The highest BCUT2D eigenvalue weighted by Gasteiger charge is 2.23. The zero-order valence-corrected chi connectivity index (χ0v) is 11.5. The highest BCUT2D eigenvalue weighted by Crippen LogP contribution is 2.18. The van der Waals surface area contributed by atoms with Crippen LogP contribution in [-0.4, -0.2) is 45.0 Å². The Morgan fingerprint density at radius 2 is 2.14 bits per heavy atom. The first-order valence-electron chi connectivity index (χ1n) is 5.89. The van der Waals surface area contributed by atoms with E-state index in [-0.39, 0.29) is 22.4 Å². The predicted octanol–water partition coefficient (Wildman–Crippen LogP) is 2.60. The van der Waals surface area contributed by atoms with Gasteiger partial charge in [-0.25, -0.2) is 23.2 Å². The zero-order chi connectivity index (χ0) is 16.3. The monoisotopic (exact) mass is 335 g/mol. The van der Waals surface area contributed by atoms with Gasteiger partial charge in [-0.2, -0.15) is 4.39 Å². The minimum absolute atomic E-state index is 0.141. The first kappa shape index (κ1) is 16.1. The molecule has 0 aromatic carbocycles. The van der Waals surface area contributed by atoms with Crippen LogP contribution in [0.15, 0.2) is 24.4 Å². The summed E-state index contributed by atoms with van der Waals surface area (Å²) >= 11 is 5.71.